The summed E-state index contributed by atoms with van der Waals surface area (Å²) in [6.45, 7) is 5.56. The first-order chi connectivity index (χ1) is 32.3. The zero-order chi connectivity index (χ0) is 46.7. The summed E-state index contributed by atoms with van der Waals surface area (Å²) in [6.07, 6.45) is 1.09. The summed E-state index contributed by atoms with van der Waals surface area (Å²) in [5.74, 6) is -2.12. The molecule has 6 aromatic rings. The summed E-state index contributed by atoms with van der Waals surface area (Å²) in [5, 5.41) is 27.6. The van der Waals surface area contributed by atoms with Crippen molar-refractivity contribution in [2.75, 3.05) is 17.2 Å². The fourth-order valence-corrected chi connectivity index (χ4v) is 10.1. The number of halogens is 1. The fourth-order valence-electron chi connectivity index (χ4n) is 8.76. The number of thiophene rings is 1. The van der Waals surface area contributed by atoms with Crippen LogP contribution in [0.3, 0.4) is 0 Å². The molecule has 0 radical (unpaired) electrons. The number of aryl methyl sites for hydroxylation is 4. The van der Waals surface area contributed by atoms with Crippen molar-refractivity contribution in [3.05, 3.63) is 139 Å². The molecule has 67 heavy (non-hydrogen) atoms. The lowest BCUT2D eigenvalue weighted by molar-refractivity contribution is -0.136. The Morgan fingerprint density at radius 2 is 1.51 bits per heavy atom. The highest BCUT2D eigenvalue weighted by molar-refractivity contribution is 7.15. The Morgan fingerprint density at radius 1 is 0.821 bits per heavy atom. The van der Waals surface area contributed by atoms with Gasteiger partial charge >= 0.3 is 0 Å². The summed E-state index contributed by atoms with van der Waals surface area (Å²) in [4.78, 5) is 85.2. The zero-order valence-corrected chi connectivity index (χ0v) is 37.7. The van der Waals surface area contributed by atoms with Crippen molar-refractivity contribution >= 4 is 86.8 Å². The van der Waals surface area contributed by atoms with Crippen LogP contribution in [0.4, 0.5) is 22.7 Å². The van der Waals surface area contributed by atoms with E-state index in [1.165, 1.54) is 18.2 Å². The number of hydrogen-bond acceptors (Lipinski definition) is 13. The number of amides is 6. The average molecular weight is 935 g/mol. The number of azo groups is 1. The highest BCUT2D eigenvalue weighted by Gasteiger charge is 2.46. The highest BCUT2D eigenvalue weighted by Crippen LogP contribution is 2.41. The van der Waals surface area contributed by atoms with Gasteiger partial charge in [-0.25, -0.2) is 0 Å². The predicted octanol–water partition coefficient (Wildman–Crippen LogP) is 7.76. The number of hydrogen-bond donors (Lipinski definition) is 3. The number of aromatic nitrogens is 3. The van der Waals surface area contributed by atoms with Gasteiger partial charge in [-0.15, -0.1) is 21.5 Å². The number of nitrogens with zero attached hydrogens (tertiary/aromatic N) is 7. The zero-order valence-electron chi connectivity index (χ0n) is 36.2. The number of ether oxygens (including phenoxy) is 1. The van der Waals surface area contributed by atoms with Crippen LogP contribution in [-0.4, -0.2) is 73.5 Å². The molecule has 6 amide bonds. The molecule has 0 bridgehead atoms. The summed E-state index contributed by atoms with van der Waals surface area (Å²) in [7, 11) is 0. The second kappa shape index (κ2) is 17.3. The molecule has 2 aromatic heterocycles. The van der Waals surface area contributed by atoms with Crippen molar-refractivity contribution in [2.24, 2.45) is 15.2 Å². The molecule has 1 unspecified atom stereocenters. The van der Waals surface area contributed by atoms with Crippen LogP contribution in [0.2, 0.25) is 5.02 Å². The molecule has 4 aliphatic heterocycles. The number of carbonyl (C=O) groups is 6. The van der Waals surface area contributed by atoms with Crippen LogP contribution < -0.4 is 20.7 Å². The van der Waals surface area contributed by atoms with Gasteiger partial charge in [0.1, 0.15) is 28.7 Å². The molecule has 336 valence electrons. The van der Waals surface area contributed by atoms with Crippen molar-refractivity contribution in [2.45, 2.75) is 65.0 Å². The lowest BCUT2D eigenvalue weighted by Gasteiger charge is -2.27. The second-order valence-electron chi connectivity index (χ2n) is 16.5. The van der Waals surface area contributed by atoms with Gasteiger partial charge < -0.3 is 15.4 Å². The topological polar surface area (TPSA) is 219 Å². The van der Waals surface area contributed by atoms with E-state index in [2.05, 4.69) is 50.2 Å². The molecule has 0 saturated carbocycles. The quantitative estimate of drug-likeness (QED) is 0.121. The van der Waals surface area contributed by atoms with Crippen LogP contribution in [0.1, 0.15) is 90.4 Å². The monoisotopic (exact) mass is 934 g/mol. The third-order valence-corrected chi connectivity index (χ3v) is 13.6. The standard InChI is InChI=1S/C48H39ClN10O7S/c1-23-24(2)67-48-41(23)43(26-9-11-29(49)12-10-26)52-35(44-57-54-25(3)58(44)48)21-39(61)50-30-13-15-33-27(19-30)7-8-28-20-31(14-16-34(28)56-55-33)51-40(62)22-66-37-6-4-5-32-42(37)47(65)59(46(32)64)36-17-18-38(60)53-45(36)63/h4-6,9-16,19-20,35-36H,7-8,17-18,21-22H2,1-3H3,(H,50,61)(H,51,62)(H,53,60,63)/b56-55-/t35-,36?/m0/s1. The van der Waals surface area contributed by atoms with Crippen molar-refractivity contribution in [1.29, 1.82) is 0 Å². The first kappa shape index (κ1) is 43.2. The van der Waals surface area contributed by atoms with Crippen molar-refractivity contribution in [3.63, 3.8) is 0 Å². The third kappa shape index (κ3) is 8.07. The molecular weight excluding hydrogens is 896 g/mol. The second-order valence-corrected chi connectivity index (χ2v) is 18.1. The van der Waals surface area contributed by atoms with E-state index >= 15 is 0 Å². The first-order valence-corrected chi connectivity index (χ1v) is 22.6. The Bertz CT molecular complexity index is 3190. The van der Waals surface area contributed by atoms with E-state index in [0.717, 1.165) is 48.3 Å². The summed E-state index contributed by atoms with van der Waals surface area (Å²) >= 11 is 7.91. The minimum Gasteiger partial charge on any atom is -0.483 e. The van der Waals surface area contributed by atoms with Crippen LogP contribution in [0.5, 0.6) is 5.75 Å². The predicted molar refractivity (Wildman–Crippen MR) is 248 cm³/mol. The van der Waals surface area contributed by atoms with Gasteiger partial charge in [0.2, 0.25) is 17.7 Å². The number of fused-ring (bicyclic) bond motifs is 6. The highest BCUT2D eigenvalue weighted by atomic mass is 35.5. The van der Waals surface area contributed by atoms with Crippen LogP contribution in [0, 0.1) is 20.8 Å². The Balaban J connectivity index is 0.807. The largest absolute Gasteiger partial charge is 0.483 e. The number of carbonyl (C=O) groups excluding carboxylic acids is 6. The number of piperidine rings is 1. The van der Waals surface area contributed by atoms with Gasteiger partial charge in [0.05, 0.1) is 34.6 Å². The van der Waals surface area contributed by atoms with E-state index in [9.17, 15) is 28.8 Å². The average Bonchev–Trinajstić information content (AvgIpc) is 3.88. The lowest BCUT2D eigenvalue weighted by Crippen LogP contribution is -2.54. The first-order valence-electron chi connectivity index (χ1n) is 21.4. The van der Waals surface area contributed by atoms with E-state index in [1.54, 1.807) is 35.6 Å². The molecule has 4 aromatic carbocycles. The van der Waals surface area contributed by atoms with E-state index in [4.69, 9.17) is 21.3 Å². The SMILES string of the molecule is Cc1sc2c(c1C)C(c1ccc(Cl)cc1)=N[C@@H](CC(=O)Nc1ccc3c(c1)CCc1cc(NC(=O)COc4cccc5c4C(=O)N(C4CCC(=O)NC4=O)C5=O)ccc1/N=N\3)c1nnc(C)n1-2. The van der Waals surface area contributed by atoms with Crippen LogP contribution in [-0.2, 0) is 32.0 Å². The van der Waals surface area contributed by atoms with Gasteiger partial charge in [-0.3, -0.25) is 48.5 Å². The van der Waals surface area contributed by atoms with E-state index in [1.807, 2.05) is 47.9 Å². The van der Waals surface area contributed by atoms with Crippen LogP contribution in [0.25, 0.3) is 5.00 Å². The van der Waals surface area contributed by atoms with Gasteiger partial charge in [0.15, 0.2) is 12.4 Å². The van der Waals surface area contributed by atoms with Crippen LogP contribution in [0.15, 0.2) is 94.1 Å². The van der Waals surface area contributed by atoms with Gasteiger partial charge in [0, 0.05) is 38.8 Å². The molecule has 1 saturated heterocycles. The number of anilines is 2. The van der Waals surface area contributed by atoms with E-state index in [0.29, 0.717) is 52.3 Å². The maximum Gasteiger partial charge on any atom is 0.266 e. The number of rotatable bonds is 9. The number of imide groups is 2. The van der Waals surface area contributed by atoms with Gasteiger partial charge in [-0.1, -0.05) is 29.8 Å². The number of aliphatic imine (C=N–C) groups is 1. The molecule has 17 nitrogen and oxygen atoms in total. The molecule has 10 rings (SSSR count). The molecule has 3 N–H and O–H groups in total. The molecular formula is C48H39ClN10O7S. The Labute approximate surface area is 391 Å². The summed E-state index contributed by atoms with van der Waals surface area (Å²) in [6, 6.07) is 20.9. The fraction of sp³-hybridized carbons (Fsp3) is 0.229. The normalized spacial score (nSPS) is 17.7. The van der Waals surface area contributed by atoms with E-state index < -0.39 is 48.2 Å². The van der Waals surface area contributed by atoms with Gasteiger partial charge in [-0.05, 0) is 117 Å². The third-order valence-electron chi connectivity index (χ3n) is 12.2. The maximum absolute atomic E-state index is 13.9. The lowest BCUT2D eigenvalue weighted by atomic mass is 9.99. The summed E-state index contributed by atoms with van der Waals surface area (Å²) in [5.41, 5.74) is 7.72. The molecule has 19 heteroatoms. The maximum atomic E-state index is 13.9. The molecule has 6 heterocycles. The molecule has 4 aliphatic rings. The number of nitrogens with one attached hydrogen (secondary N) is 3. The molecule has 1 fully saturated rings. The Kier molecular flexibility index (Phi) is 11.1. The smallest absolute Gasteiger partial charge is 0.266 e. The molecule has 0 aliphatic carbocycles. The summed E-state index contributed by atoms with van der Waals surface area (Å²) < 4.78 is 7.78. The van der Waals surface area contributed by atoms with E-state index in [-0.39, 0.29) is 42.0 Å². The minimum absolute atomic E-state index is 0.000406. The van der Waals surface area contributed by atoms with Gasteiger partial charge in [0.25, 0.3) is 17.7 Å². The minimum atomic E-state index is -1.14. The molecule has 2 atom stereocenters. The number of benzene rings is 4. The Hall–Kier alpha value is -7.70. The molecule has 0 spiro atoms. The van der Waals surface area contributed by atoms with Crippen LogP contribution >= 0.6 is 22.9 Å². The van der Waals surface area contributed by atoms with Gasteiger partial charge in [-0.2, -0.15) is 10.2 Å². The van der Waals surface area contributed by atoms with Crippen molar-refractivity contribution in [1.82, 2.24) is 25.0 Å². The van der Waals surface area contributed by atoms with Crippen molar-refractivity contribution in [3.8, 4) is 10.8 Å². The Morgan fingerprint density at radius 3 is 2.19 bits per heavy atom. The van der Waals surface area contributed by atoms with Crippen molar-refractivity contribution < 1.29 is 33.5 Å².